The molecule has 0 fully saturated rings. The van der Waals surface area contributed by atoms with E-state index < -0.39 is 6.10 Å². The Labute approximate surface area is 125 Å². The quantitative estimate of drug-likeness (QED) is 0.760. The molecule has 0 aliphatic carbocycles. The molecule has 108 valence electrons. The van der Waals surface area contributed by atoms with Gasteiger partial charge in [-0.05, 0) is 45.1 Å². The predicted octanol–water partition coefficient (Wildman–Crippen LogP) is 2.25. The third kappa shape index (κ3) is 7.25. The van der Waals surface area contributed by atoms with Crippen molar-refractivity contribution in [2.24, 2.45) is 0 Å². The Hall–Kier alpha value is -0.970. The van der Waals surface area contributed by atoms with Gasteiger partial charge < -0.3 is 15.4 Å². The molecule has 1 unspecified atom stereocenters. The van der Waals surface area contributed by atoms with Gasteiger partial charge in [0.15, 0.2) is 6.10 Å². The van der Waals surface area contributed by atoms with Crippen LogP contribution in [0.25, 0.3) is 0 Å². The summed E-state index contributed by atoms with van der Waals surface area (Å²) >= 11 is 5.84. The number of halogens is 2. The average Bonchev–Trinajstić information content (AvgIpc) is 2.34. The van der Waals surface area contributed by atoms with Gasteiger partial charge in [-0.3, -0.25) is 4.79 Å². The Morgan fingerprint density at radius 1 is 1.42 bits per heavy atom. The molecule has 0 saturated carbocycles. The number of ether oxygens (including phenoxy) is 1. The highest BCUT2D eigenvalue weighted by Gasteiger charge is 2.13. The van der Waals surface area contributed by atoms with Crippen LogP contribution in [-0.2, 0) is 4.79 Å². The second-order valence-corrected chi connectivity index (χ2v) is 4.40. The summed E-state index contributed by atoms with van der Waals surface area (Å²) in [6.07, 6.45) is 0.365. The summed E-state index contributed by atoms with van der Waals surface area (Å²) in [6, 6.07) is 7.01. The first-order valence-electron chi connectivity index (χ1n) is 5.98. The van der Waals surface area contributed by atoms with Gasteiger partial charge in [0.2, 0.25) is 0 Å². The van der Waals surface area contributed by atoms with E-state index in [0.29, 0.717) is 17.3 Å². The van der Waals surface area contributed by atoms with Crippen molar-refractivity contribution in [3.8, 4) is 5.75 Å². The van der Waals surface area contributed by atoms with E-state index in [1.165, 1.54) is 0 Å². The van der Waals surface area contributed by atoms with Gasteiger partial charge in [0.1, 0.15) is 5.75 Å². The second kappa shape index (κ2) is 9.89. The second-order valence-electron chi connectivity index (χ2n) is 3.97. The van der Waals surface area contributed by atoms with Crippen molar-refractivity contribution < 1.29 is 9.53 Å². The summed E-state index contributed by atoms with van der Waals surface area (Å²) in [5.41, 5.74) is 0. The lowest BCUT2D eigenvalue weighted by atomic mass is 10.3. The van der Waals surface area contributed by atoms with Crippen LogP contribution >= 0.6 is 24.0 Å². The van der Waals surface area contributed by atoms with Gasteiger partial charge in [-0.15, -0.1) is 12.4 Å². The SMILES string of the molecule is CNCCCNC(=O)C(C)Oc1cccc(Cl)c1.Cl. The Kier molecular flexibility index (Phi) is 9.39. The number of hydrogen-bond donors (Lipinski definition) is 2. The van der Waals surface area contributed by atoms with Crippen LogP contribution < -0.4 is 15.4 Å². The molecule has 0 spiro atoms. The van der Waals surface area contributed by atoms with Crippen molar-refractivity contribution in [3.05, 3.63) is 29.3 Å². The highest BCUT2D eigenvalue weighted by Crippen LogP contribution is 2.18. The summed E-state index contributed by atoms with van der Waals surface area (Å²) in [5.74, 6) is 0.478. The number of hydrogen-bond acceptors (Lipinski definition) is 3. The topological polar surface area (TPSA) is 50.4 Å². The average molecular weight is 307 g/mol. The molecular weight excluding hydrogens is 287 g/mol. The summed E-state index contributed by atoms with van der Waals surface area (Å²) in [4.78, 5) is 11.7. The Balaban J connectivity index is 0.00000324. The fraction of sp³-hybridized carbons (Fsp3) is 0.462. The molecule has 1 aromatic rings. The summed E-state index contributed by atoms with van der Waals surface area (Å²) in [6.45, 7) is 3.24. The standard InChI is InChI=1S/C13H19ClN2O2.ClH/c1-10(13(17)16-8-4-7-15-2)18-12-6-3-5-11(14)9-12;/h3,5-6,9-10,15H,4,7-8H2,1-2H3,(H,16,17);1H. The lowest BCUT2D eigenvalue weighted by Crippen LogP contribution is -2.37. The lowest BCUT2D eigenvalue weighted by molar-refractivity contribution is -0.127. The van der Waals surface area contributed by atoms with Gasteiger partial charge in [-0.1, -0.05) is 17.7 Å². The van der Waals surface area contributed by atoms with Crippen LogP contribution in [0.15, 0.2) is 24.3 Å². The van der Waals surface area contributed by atoms with Crippen LogP contribution in [0.1, 0.15) is 13.3 Å². The Bertz CT molecular complexity index is 389. The maximum atomic E-state index is 11.7. The van der Waals surface area contributed by atoms with Crippen LogP contribution in [-0.4, -0.2) is 32.1 Å². The molecule has 0 aliphatic heterocycles. The molecule has 0 radical (unpaired) electrons. The van der Waals surface area contributed by atoms with Crippen LogP contribution in [0.2, 0.25) is 5.02 Å². The van der Waals surface area contributed by atoms with E-state index in [0.717, 1.165) is 13.0 Å². The van der Waals surface area contributed by atoms with Crippen molar-refractivity contribution in [2.45, 2.75) is 19.4 Å². The van der Waals surface area contributed by atoms with Crippen molar-refractivity contribution in [3.63, 3.8) is 0 Å². The summed E-state index contributed by atoms with van der Waals surface area (Å²) in [5, 5.41) is 6.43. The summed E-state index contributed by atoms with van der Waals surface area (Å²) < 4.78 is 5.50. The molecule has 0 bridgehead atoms. The molecule has 0 aromatic heterocycles. The smallest absolute Gasteiger partial charge is 0.260 e. The number of nitrogens with one attached hydrogen (secondary N) is 2. The maximum Gasteiger partial charge on any atom is 0.260 e. The summed E-state index contributed by atoms with van der Waals surface area (Å²) in [7, 11) is 1.88. The van der Waals surface area contributed by atoms with Gasteiger partial charge in [-0.2, -0.15) is 0 Å². The first kappa shape index (κ1) is 18.0. The van der Waals surface area contributed by atoms with Gasteiger partial charge in [0.05, 0.1) is 0 Å². The third-order valence-corrected chi connectivity index (χ3v) is 2.62. The van der Waals surface area contributed by atoms with E-state index in [4.69, 9.17) is 16.3 Å². The number of rotatable bonds is 7. The number of amides is 1. The van der Waals surface area contributed by atoms with Crippen molar-refractivity contribution >= 4 is 29.9 Å². The number of carbonyl (C=O) groups is 1. The van der Waals surface area contributed by atoms with Gasteiger partial charge in [-0.25, -0.2) is 0 Å². The van der Waals surface area contributed by atoms with Crippen molar-refractivity contribution in [2.75, 3.05) is 20.1 Å². The molecule has 6 heteroatoms. The minimum absolute atomic E-state index is 0. The zero-order chi connectivity index (χ0) is 13.4. The molecule has 1 atom stereocenters. The van der Waals surface area contributed by atoms with Crippen molar-refractivity contribution in [1.29, 1.82) is 0 Å². The van der Waals surface area contributed by atoms with Crippen LogP contribution in [0, 0.1) is 0 Å². The van der Waals surface area contributed by atoms with Gasteiger partial charge in [0.25, 0.3) is 5.91 Å². The Morgan fingerprint density at radius 3 is 2.79 bits per heavy atom. The molecule has 19 heavy (non-hydrogen) atoms. The molecule has 0 heterocycles. The zero-order valence-corrected chi connectivity index (χ0v) is 12.7. The van der Waals surface area contributed by atoms with Crippen LogP contribution in [0.4, 0.5) is 0 Å². The van der Waals surface area contributed by atoms with Crippen LogP contribution in [0.5, 0.6) is 5.75 Å². The largest absolute Gasteiger partial charge is 0.481 e. The first-order chi connectivity index (χ1) is 8.63. The fourth-order valence-corrected chi connectivity index (χ4v) is 1.60. The monoisotopic (exact) mass is 306 g/mol. The molecule has 2 N–H and O–H groups in total. The van der Waals surface area contributed by atoms with E-state index in [1.54, 1.807) is 31.2 Å². The molecule has 4 nitrogen and oxygen atoms in total. The molecular formula is C13H20Cl2N2O2. The van der Waals surface area contributed by atoms with E-state index in [9.17, 15) is 4.79 Å². The predicted molar refractivity (Wildman–Crippen MR) is 80.3 cm³/mol. The molecule has 1 aromatic carbocycles. The zero-order valence-electron chi connectivity index (χ0n) is 11.1. The van der Waals surface area contributed by atoms with E-state index in [1.807, 2.05) is 7.05 Å². The number of carbonyl (C=O) groups excluding carboxylic acids is 1. The lowest BCUT2D eigenvalue weighted by Gasteiger charge is -2.14. The van der Waals surface area contributed by atoms with Crippen molar-refractivity contribution in [1.82, 2.24) is 10.6 Å². The third-order valence-electron chi connectivity index (χ3n) is 2.38. The van der Waals surface area contributed by atoms with Crippen LogP contribution in [0.3, 0.4) is 0 Å². The Morgan fingerprint density at radius 2 is 2.16 bits per heavy atom. The fourth-order valence-electron chi connectivity index (χ4n) is 1.42. The molecule has 1 rings (SSSR count). The van der Waals surface area contributed by atoms with Gasteiger partial charge >= 0.3 is 0 Å². The van der Waals surface area contributed by atoms with E-state index in [-0.39, 0.29) is 18.3 Å². The highest BCUT2D eigenvalue weighted by molar-refractivity contribution is 6.30. The minimum Gasteiger partial charge on any atom is -0.481 e. The highest BCUT2D eigenvalue weighted by atomic mass is 35.5. The van der Waals surface area contributed by atoms with E-state index in [2.05, 4.69) is 10.6 Å². The molecule has 0 aliphatic rings. The maximum absolute atomic E-state index is 11.7. The minimum atomic E-state index is -0.530. The normalized spacial score (nSPS) is 11.3. The van der Waals surface area contributed by atoms with E-state index >= 15 is 0 Å². The first-order valence-corrected chi connectivity index (χ1v) is 6.36. The van der Waals surface area contributed by atoms with Gasteiger partial charge in [0, 0.05) is 11.6 Å². The molecule has 0 saturated heterocycles. The molecule has 1 amide bonds. The number of benzene rings is 1.